The predicted molar refractivity (Wildman–Crippen MR) is 71.7 cm³/mol. The van der Waals surface area contributed by atoms with Gasteiger partial charge in [0.2, 0.25) is 10.0 Å². The van der Waals surface area contributed by atoms with Crippen molar-refractivity contribution in [2.45, 2.75) is 17.7 Å². The highest BCUT2D eigenvalue weighted by atomic mass is 32.2. The number of aromatic hydroxyl groups is 1. The second kappa shape index (κ2) is 6.75. The lowest BCUT2D eigenvalue weighted by Crippen LogP contribution is -2.32. The third-order valence-corrected chi connectivity index (χ3v) is 4.48. The summed E-state index contributed by atoms with van der Waals surface area (Å²) in [6, 6.07) is 7.30. The maximum Gasteiger partial charge on any atom is 0.243 e. The first-order valence-electron chi connectivity index (χ1n) is 5.76. The van der Waals surface area contributed by atoms with E-state index in [1.807, 2.05) is 12.1 Å². The Morgan fingerprint density at radius 1 is 1.20 bits per heavy atom. The number of phenols is 1. The lowest BCUT2D eigenvalue weighted by molar-refractivity contribution is 0.424. The van der Waals surface area contributed by atoms with Gasteiger partial charge in [-0.05, 0) is 18.2 Å². The molecular formula is C12H14N4O3S. The van der Waals surface area contributed by atoms with E-state index in [0.717, 1.165) is 10.4 Å². The molecule has 0 saturated heterocycles. The fourth-order valence-corrected chi connectivity index (χ4v) is 3.02. The number of anilines is 1. The molecule has 3 N–H and O–H groups in total. The molecule has 0 saturated carbocycles. The number of benzene rings is 1. The van der Waals surface area contributed by atoms with Crippen LogP contribution in [0.1, 0.15) is 12.8 Å². The number of hydrogen-bond donors (Lipinski definition) is 2. The predicted octanol–water partition coefficient (Wildman–Crippen LogP) is 0.792. The Morgan fingerprint density at radius 2 is 1.75 bits per heavy atom. The van der Waals surface area contributed by atoms with Gasteiger partial charge in [-0.2, -0.15) is 14.8 Å². The zero-order valence-electron chi connectivity index (χ0n) is 10.7. The molecule has 0 bridgehead atoms. The second-order valence-electron chi connectivity index (χ2n) is 3.94. The number of sulfonamides is 1. The Balaban J connectivity index is 3.11. The summed E-state index contributed by atoms with van der Waals surface area (Å²) in [5, 5.41) is 26.4. The maximum absolute atomic E-state index is 12.4. The van der Waals surface area contributed by atoms with Crippen LogP contribution in [0, 0.1) is 22.7 Å². The van der Waals surface area contributed by atoms with Crippen molar-refractivity contribution in [3.8, 4) is 17.9 Å². The van der Waals surface area contributed by atoms with Gasteiger partial charge in [-0.15, -0.1) is 0 Å². The molecule has 0 radical (unpaired) electrons. The molecule has 0 aliphatic heterocycles. The minimum absolute atomic E-state index is 0.00128. The third-order valence-electron chi connectivity index (χ3n) is 2.58. The fraction of sp³-hybridized carbons (Fsp3) is 0.333. The van der Waals surface area contributed by atoms with E-state index in [-0.39, 0.29) is 42.3 Å². The van der Waals surface area contributed by atoms with Crippen LogP contribution in [0.5, 0.6) is 5.75 Å². The molecule has 0 atom stereocenters. The molecule has 0 aromatic heterocycles. The molecule has 1 aromatic rings. The van der Waals surface area contributed by atoms with Crippen molar-refractivity contribution in [2.75, 3.05) is 18.8 Å². The molecule has 0 heterocycles. The summed E-state index contributed by atoms with van der Waals surface area (Å²) in [7, 11) is -3.84. The van der Waals surface area contributed by atoms with Crippen molar-refractivity contribution in [3.63, 3.8) is 0 Å². The van der Waals surface area contributed by atoms with Crippen LogP contribution in [0.15, 0.2) is 23.1 Å². The molecule has 106 valence electrons. The van der Waals surface area contributed by atoms with E-state index in [2.05, 4.69) is 0 Å². The first kappa shape index (κ1) is 15.8. The molecule has 0 aliphatic rings. The van der Waals surface area contributed by atoms with Gasteiger partial charge in [-0.25, -0.2) is 8.42 Å². The van der Waals surface area contributed by atoms with E-state index in [0.29, 0.717) is 0 Å². The summed E-state index contributed by atoms with van der Waals surface area (Å²) in [6.07, 6.45) is 0.0520. The highest BCUT2D eigenvalue weighted by Crippen LogP contribution is 2.25. The Hall–Kier alpha value is -2.29. The van der Waals surface area contributed by atoms with Gasteiger partial charge in [0, 0.05) is 25.9 Å². The van der Waals surface area contributed by atoms with Crippen LogP contribution < -0.4 is 5.73 Å². The van der Waals surface area contributed by atoms with E-state index in [1.165, 1.54) is 12.1 Å². The van der Waals surface area contributed by atoms with E-state index in [1.54, 1.807) is 0 Å². The monoisotopic (exact) mass is 294 g/mol. The lowest BCUT2D eigenvalue weighted by atomic mass is 10.3. The molecular weight excluding hydrogens is 280 g/mol. The average Bonchev–Trinajstić information content (AvgIpc) is 2.41. The number of nitrogen functional groups attached to an aromatic ring is 1. The molecule has 0 fully saturated rings. The number of rotatable bonds is 6. The van der Waals surface area contributed by atoms with Crippen molar-refractivity contribution >= 4 is 15.7 Å². The Labute approximate surface area is 117 Å². The van der Waals surface area contributed by atoms with E-state index < -0.39 is 10.0 Å². The molecule has 8 heteroatoms. The molecule has 0 spiro atoms. The van der Waals surface area contributed by atoms with Crippen molar-refractivity contribution in [2.24, 2.45) is 0 Å². The third kappa shape index (κ3) is 3.60. The largest absolute Gasteiger partial charge is 0.506 e. The first-order valence-corrected chi connectivity index (χ1v) is 7.20. The molecule has 0 unspecified atom stereocenters. The maximum atomic E-state index is 12.4. The molecule has 0 aliphatic carbocycles. The van der Waals surface area contributed by atoms with Crippen LogP contribution in [0.2, 0.25) is 0 Å². The van der Waals surface area contributed by atoms with Crippen molar-refractivity contribution in [1.29, 1.82) is 10.5 Å². The minimum Gasteiger partial charge on any atom is -0.506 e. The first-order chi connectivity index (χ1) is 9.43. The summed E-state index contributed by atoms with van der Waals surface area (Å²) in [5.41, 5.74) is 5.43. The van der Waals surface area contributed by atoms with Gasteiger partial charge >= 0.3 is 0 Å². The lowest BCUT2D eigenvalue weighted by Gasteiger charge is -2.20. The van der Waals surface area contributed by atoms with Crippen molar-refractivity contribution < 1.29 is 13.5 Å². The summed E-state index contributed by atoms with van der Waals surface area (Å²) in [4.78, 5) is -0.0799. The average molecular weight is 294 g/mol. The number of nitrogens with two attached hydrogens (primary N) is 1. The highest BCUT2D eigenvalue weighted by molar-refractivity contribution is 7.89. The van der Waals surface area contributed by atoms with E-state index in [9.17, 15) is 13.5 Å². The minimum atomic E-state index is -3.84. The van der Waals surface area contributed by atoms with Gasteiger partial charge in [0.05, 0.1) is 22.7 Å². The van der Waals surface area contributed by atoms with E-state index >= 15 is 0 Å². The molecule has 0 amide bonds. The van der Waals surface area contributed by atoms with Gasteiger partial charge in [0.25, 0.3) is 0 Å². The standard InChI is InChI=1S/C12H14N4O3S/c13-5-1-7-16(8-2-6-14)20(18,19)10-3-4-12(17)11(15)9-10/h3-4,9,17H,1-2,7-8,15H2. The van der Waals surface area contributed by atoms with Crippen molar-refractivity contribution in [3.05, 3.63) is 18.2 Å². The van der Waals surface area contributed by atoms with Gasteiger partial charge in [-0.1, -0.05) is 0 Å². The normalized spacial score (nSPS) is 10.9. The highest BCUT2D eigenvalue weighted by Gasteiger charge is 2.24. The summed E-state index contributed by atoms with van der Waals surface area (Å²) in [6.45, 7) is 0.00257. The summed E-state index contributed by atoms with van der Waals surface area (Å²) < 4.78 is 25.8. The van der Waals surface area contributed by atoms with Crippen LogP contribution in [0.3, 0.4) is 0 Å². The molecule has 1 aromatic carbocycles. The SMILES string of the molecule is N#CCCN(CCC#N)S(=O)(=O)c1ccc(O)c(N)c1. The molecule has 7 nitrogen and oxygen atoms in total. The Kier molecular flexibility index (Phi) is 5.32. The van der Waals surface area contributed by atoms with Gasteiger partial charge in [-0.3, -0.25) is 0 Å². The van der Waals surface area contributed by atoms with Crippen LogP contribution in [0.25, 0.3) is 0 Å². The summed E-state index contributed by atoms with van der Waals surface area (Å²) >= 11 is 0. The summed E-state index contributed by atoms with van der Waals surface area (Å²) in [5.74, 6) is -0.204. The van der Waals surface area contributed by atoms with Crippen molar-refractivity contribution in [1.82, 2.24) is 4.31 Å². The van der Waals surface area contributed by atoms with Crippen LogP contribution in [-0.2, 0) is 10.0 Å². The van der Waals surface area contributed by atoms with Crippen LogP contribution in [0.4, 0.5) is 5.69 Å². The number of phenolic OH excluding ortho intramolecular Hbond substituents is 1. The second-order valence-corrected chi connectivity index (χ2v) is 5.88. The van der Waals surface area contributed by atoms with Crippen LogP contribution >= 0.6 is 0 Å². The Morgan fingerprint density at radius 3 is 2.20 bits per heavy atom. The van der Waals surface area contributed by atoms with E-state index in [4.69, 9.17) is 16.3 Å². The molecule has 20 heavy (non-hydrogen) atoms. The van der Waals surface area contributed by atoms with Crippen LogP contribution in [-0.4, -0.2) is 30.9 Å². The number of nitriles is 2. The molecule has 1 rings (SSSR count). The fourth-order valence-electron chi connectivity index (χ4n) is 1.54. The van der Waals surface area contributed by atoms with Gasteiger partial charge < -0.3 is 10.8 Å². The topological polar surface area (TPSA) is 131 Å². The zero-order valence-corrected chi connectivity index (χ0v) is 11.5. The van der Waals surface area contributed by atoms with Gasteiger partial charge in [0.15, 0.2) is 0 Å². The number of nitrogens with zero attached hydrogens (tertiary/aromatic N) is 3. The Bertz CT molecular complexity index is 640. The smallest absolute Gasteiger partial charge is 0.243 e. The zero-order chi connectivity index (χ0) is 15.2. The number of hydrogen-bond acceptors (Lipinski definition) is 6. The quantitative estimate of drug-likeness (QED) is 0.589. The van der Waals surface area contributed by atoms with Gasteiger partial charge in [0.1, 0.15) is 5.75 Å².